The fourth-order valence-corrected chi connectivity index (χ4v) is 4.83. The summed E-state index contributed by atoms with van der Waals surface area (Å²) in [5.74, 6) is 0.381. The zero-order valence-electron chi connectivity index (χ0n) is 15.0. The van der Waals surface area contributed by atoms with Gasteiger partial charge in [-0.2, -0.15) is 8.42 Å². The average Bonchev–Trinajstić information content (AvgIpc) is 2.33. The van der Waals surface area contributed by atoms with Crippen molar-refractivity contribution in [1.29, 1.82) is 0 Å². The molecule has 2 rings (SSSR count). The highest BCUT2D eigenvalue weighted by Gasteiger charge is 2.54. The summed E-state index contributed by atoms with van der Waals surface area (Å²) in [6.45, 7) is 10.9. The van der Waals surface area contributed by atoms with Gasteiger partial charge in [0.2, 0.25) is 0 Å². The van der Waals surface area contributed by atoms with Gasteiger partial charge in [-0.25, -0.2) is 9.97 Å². The fourth-order valence-electron chi connectivity index (χ4n) is 2.48. The van der Waals surface area contributed by atoms with Crippen LogP contribution in [0.1, 0.15) is 39.4 Å². The van der Waals surface area contributed by atoms with Crippen molar-refractivity contribution in [3.63, 3.8) is 0 Å². The van der Waals surface area contributed by atoms with Crippen LogP contribution in [0.15, 0.2) is 16.9 Å². The topological polar surface area (TPSA) is 78.4 Å². The second kappa shape index (κ2) is 6.42. The summed E-state index contributed by atoms with van der Waals surface area (Å²) in [4.78, 5) is 8.49. The van der Waals surface area contributed by atoms with E-state index in [1.165, 1.54) is 0 Å². The van der Waals surface area contributed by atoms with Crippen LogP contribution < -0.4 is 0 Å². The highest BCUT2D eigenvalue weighted by molar-refractivity contribution is 9.10. The zero-order valence-corrected chi connectivity index (χ0v) is 18.4. The Morgan fingerprint density at radius 2 is 1.75 bits per heavy atom. The van der Waals surface area contributed by atoms with Crippen LogP contribution in [0.3, 0.4) is 0 Å². The summed E-state index contributed by atoms with van der Waals surface area (Å²) in [6, 6.07) is 0. The van der Waals surface area contributed by atoms with Gasteiger partial charge in [0.25, 0.3) is 10.1 Å². The van der Waals surface area contributed by atoms with Gasteiger partial charge in [0.15, 0.2) is 19.7 Å². The standard InChI is InChI=1S/C15H25BrN2O4SSi/c1-14(2,3)24(5,6)21-12-7-15(8-12,22-23(4,19)20)13-17-9-11(16)10-18-13/h9-10,12H,7-8H2,1-6H3. The van der Waals surface area contributed by atoms with Crippen molar-refractivity contribution < 1.29 is 17.0 Å². The third-order valence-corrected chi connectivity index (χ3v) is 10.3. The second-order valence-electron chi connectivity index (χ2n) is 7.92. The van der Waals surface area contributed by atoms with E-state index in [1.54, 1.807) is 12.4 Å². The van der Waals surface area contributed by atoms with Gasteiger partial charge in [0.05, 0.1) is 16.8 Å². The summed E-state index contributed by atoms with van der Waals surface area (Å²) in [6.07, 6.45) is 5.08. The lowest BCUT2D eigenvalue weighted by Gasteiger charge is -2.49. The lowest BCUT2D eigenvalue weighted by atomic mass is 9.77. The van der Waals surface area contributed by atoms with Gasteiger partial charge in [-0.05, 0) is 34.1 Å². The maximum absolute atomic E-state index is 11.7. The highest BCUT2D eigenvalue weighted by atomic mass is 79.9. The summed E-state index contributed by atoms with van der Waals surface area (Å²) < 4.78 is 35.9. The molecular formula is C15H25BrN2O4SSi. The normalized spacial score (nSPS) is 25.4. The van der Waals surface area contributed by atoms with E-state index in [0.29, 0.717) is 18.7 Å². The van der Waals surface area contributed by atoms with E-state index < -0.39 is 24.0 Å². The first-order chi connectivity index (χ1) is 10.7. The van der Waals surface area contributed by atoms with E-state index in [-0.39, 0.29) is 11.1 Å². The van der Waals surface area contributed by atoms with Crippen molar-refractivity contribution in [3.05, 3.63) is 22.7 Å². The lowest BCUT2D eigenvalue weighted by Crippen LogP contribution is -2.55. The Kier molecular flexibility index (Phi) is 5.34. The van der Waals surface area contributed by atoms with E-state index in [2.05, 4.69) is 59.8 Å². The van der Waals surface area contributed by atoms with E-state index >= 15 is 0 Å². The van der Waals surface area contributed by atoms with Crippen molar-refractivity contribution in [2.24, 2.45) is 0 Å². The molecule has 0 saturated heterocycles. The van der Waals surface area contributed by atoms with Crippen molar-refractivity contribution in [2.75, 3.05) is 6.26 Å². The number of rotatable bonds is 5. The molecule has 0 radical (unpaired) electrons. The summed E-state index contributed by atoms with van der Waals surface area (Å²) in [7, 11) is -5.55. The van der Waals surface area contributed by atoms with E-state index in [1.807, 2.05) is 0 Å². The number of halogens is 1. The van der Waals surface area contributed by atoms with Crippen LogP contribution in [0.25, 0.3) is 0 Å². The fraction of sp³-hybridized carbons (Fsp3) is 0.733. The molecule has 9 heteroatoms. The molecule has 0 atom stereocenters. The Labute approximate surface area is 153 Å². The molecular weight excluding hydrogens is 412 g/mol. The maximum atomic E-state index is 11.7. The molecule has 1 aromatic rings. The number of hydrogen-bond acceptors (Lipinski definition) is 6. The molecule has 0 N–H and O–H groups in total. The molecule has 24 heavy (non-hydrogen) atoms. The van der Waals surface area contributed by atoms with Crippen molar-refractivity contribution in [1.82, 2.24) is 9.97 Å². The molecule has 136 valence electrons. The molecule has 0 amide bonds. The molecule has 1 aliphatic carbocycles. The third-order valence-electron chi connectivity index (χ3n) is 4.72. The average molecular weight is 437 g/mol. The van der Waals surface area contributed by atoms with Gasteiger partial charge in [0.1, 0.15) is 0 Å². The van der Waals surface area contributed by atoms with Gasteiger partial charge in [0, 0.05) is 25.2 Å². The van der Waals surface area contributed by atoms with Gasteiger partial charge < -0.3 is 4.43 Å². The Morgan fingerprint density at radius 1 is 1.25 bits per heavy atom. The minimum Gasteiger partial charge on any atom is -0.414 e. The second-order valence-corrected chi connectivity index (χ2v) is 15.2. The number of nitrogens with zero attached hydrogens (tertiary/aromatic N) is 2. The first-order valence-corrected chi connectivity index (χ1v) is 13.3. The summed E-state index contributed by atoms with van der Waals surface area (Å²) in [5, 5.41) is 0.0943. The summed E-state index contributed by atoms with van der Waals surface area (Å²) >= 11 is 3.28. The Hall–Kier alpha value is -0.353. The Morgan fingerprint density at radius 3 is 2.17 bits per heavy atom. The van der Waals surface area contributed by atoms with Crippen LogP contribution in [0.4, 0.5) is 0 Å². The predicted molar refractivity (Wildman–Crippen MR) is 98.6 cm³/mol. The Bertz CT molecular complexity index is 695. The van der Waals surface area contributed by atoms with Gasteiger partial charge >= 0.3 is 0 Å². The SMILES string of the molecule is CC(C)(C)[Si](C)(C)OC1CC(OS(C)(=O)=O)(c2ncc(Br)cn2)C1. The minimum absolute atomic E-state index is 0.0418. The van der Waals surface area contributed by atoms with Crippen LogP contribution in [0, 0.1) is 0 Å². The zero-order chi connectivity index (χ0) is 18.4. The van der Waals surface area contributed by atoms with Gasteiger partial charge in [-0.3, -0.25) is 4.18 Å². The highest BCUT2D eigenvalue weighted by Crippen LogP contribution is 2.49. The smallest absolute Gasteiger partial charge is 0.265 e. The van der Waals surface area contributed by atoms with Crippen LogP contribution in [-0.2, 0) is 24.3 Å². The van der Waals surface area contributed by atoms with Crippen molar-refractivity contribution in [3.8, 4) is 0 Å². The van der Waals surface area contributed by atoms with Crippen LogP contribution >= 0.6 is 15.9 Å². The van der Waals surface area contributed by atoms with Crippen LogP contribution in [0.5, 0.6) is 0 Å². The van der Waals surface area contributed by atoms with E-state index in [9.17, 15) is 8.42 Å². The van der Waals surface area contributed by atoms with E-state index in [4.69, 9.17) is 8.61 Å². The molecule has 1 saturated carbocycles. The molecule has 1 fully saturated rings. The summed E-state index contributed by atoms with van der Waals surface area (Å²) in [5.41, 5.74) is -1.03. The molecule has 1 aromatic heterocycles. The molecule has 0 unspecified atom stereocenters. The predicted octanol–water partition coefficient (Wildman–Crippen LogP) is 3.59. The third kappa shape index (κ3) is 4.43. The number of aromatic nitrogens is 2. The van der Waals surface area contributed by atoms with Gasteiger partial charge in [-0.1, -0.05) is 20.8 Å². The molecule has 0 aliphatic heterocycles. The maximum Gasteiger partial charge on any atom is 0.265 e. The molecule has 1 aliphatic rings. The van der Waals surface area contributed by atoms with Crippen molar-refractivity contribution >= 4 is 34.4 Å². The quantitative estimate of drug-likeness (QED) is 0.518. The minimum atomic E-state index is -3.63. The first-order valence-electron chi connectivity index (χ1n) is 7.81. The molecule has 0 bridgehead atoms. The van der Waals surface area contributed by atoms with Gasteiger partial charge in [-0.15, -0.1) is 0 Å². The molecule has 6 nitrogen and oxygen atoms in total. The monoisotopic (exact) mass is 436 g/mol. The first kappa shape index (κ1) is 20.0. The molecule has 1 heterocycles. The molecule has 0 spiro atoms. The number of hydrogen-bond donors (Lipinski definition) is 0. The largest absolute Gasteiger partial charge is 0.414 e. The molecule has 0 aromatic carbocycles. The van der Waals surface area contributed by atoms with E-state index in [0.717, 1.165) is 10.7 Å². The van der Waals surface area contributed by atoms with Crippen LogP contribution in [0.2, 0.25) is 18.1 Å². The van der Waals surface area contributed by atoms with Crippen LogP contribution in [-0.4, -0.2) is 39.1 Å². The Balaban J connectivity index is 2.20. The lowest BCUT2D eigenvalue weighted by molar-refractivity contribution is -0.0953. The van der Waals surface area contributed by atoms with Crippen molar-refractivity contribution in [2.45, 2.75) is 63.5 Å².